The van der Waals surface area contributed by atoms with Gasteiger partial charge in [-0.05, 0) is 19.9 Å². The first kappa shape index (κ1) is 16.2. The Morgan fingerprint density at radius 2 is 2.05 bits per heavy atom. The lowest BCUT2D eigenvalue weighted by molar-refractivity contribution is -0.122. The predicted molar refractivity (Wildman–Crippen MR) is 76.7 cm³/mol. The molecule has 5 nitrogen and oxygen atoms in total. The third kappa shape index (κ3) is 4.95. The van der Waals surface area contributed by atoms with Crippen LogP contribution in [0.4, 0.5) is 0 Å². The predicted octanol–water partition coefficient (Wildman–Crippen LogP) is 0.576. The van der Waals surface area contributed by atoms with Crippen molar-refractivity contribution < 1.29 is 13.2 Å². The minimum atomic E-state index is -3.06. The number of hydrogen-bond donors (Lipinski definition) is 1. The van der Waals surface area contributed by atoms with Crippen LogP contribution in [0.5, 0.6) is 0 Å². The number of nitrogens with one attached hydrogen (secondary N) is 1. The van der Waals surface area contributed by atoms with Crippen LogP contribution in [0.25, 0.3) is 0 Å². The Labute approximate surface area is 116 Å². The summed E-state index contributed by atoms with van der Waals surface area (Å²) < 4.78 is 23.6. The highest BCUT2D eigenvalue weighted by Gasteiger charge is 2.35. The normalized spacial score (nSPS) is 24.2. The van der Waals surface area contributed by atoms with Crippen LogP contribution in [0.3, 0.4) is 0 Å². The number of hydrogen-bond acceptors (Lipinski definition) is 4. The highest BCUT2D eigenvalue weighted by atomic mass is 32.2. The van der Waals surface area contributed by atoms with Gasteiger partial charge in [0.2, 0.25) is 5.91 Å². The standard InChI is InChI=1S/C13H24N2O3S/c1-4-9-14-13(16)10-15(2)11-7-5-6-8-12(11)19(3,17)18/h4,11-12H,1,5-10H2,2-3H3,(H,14,16)/t11-,12-/m0/s1. The summed E-state index contributed by atoms with van der Waals surface area (Å²) in [7, 11) is -1.24. The van der Waals surface area contributed by atoms with Gasteiger partial charge in [-0.2, -0.15) is 0 Å². The molecule has 0 heterocycles. The molecule has 1 aliphatic rings. The van der Waals surface area contributed by atoms with E-state index in [4.69, 9.17) is 0 Å². The van der Waals surface area contributed by atoms with Gasteiger partial charge in [-0.1, -0.05) is 18.9 Å². The van der Waals surface area contributed by atoms with Gasteiger partial charge < -0.3 is 5.32 Å². The lowest BCUT2D eigenvalue weighted by Crippen LogP contribution is -2.49. The molecule has 1 aliphatic carbocycles. The van der Waals surface area contributed by atoms with E-state index < -0.39 is 9.84 Å². The average molecular weight is 288 g/mol. The van der Waals surface area contributed by atoms with E-state index in [2.05, 4.69) is 11.9 Å². The summed E-state index contributed by atoms with van der Waals surface area (Å²) in [6.45, 7) is 4.20. The smallest absolute Gasteiger partial charge is 0.234 e. The number of sulfone groups is 1. The van der Waals surface area contributed by atoms with Gasteiger partial charge in [0, 0.05) is 18.8 Å². The molecule has 6 heteroatoms. The maximum atomic E-state index is 11.8. The van der Waals surface area contributed by atoms with Crippen molar-refractivity contribution in [3.8, 4) is 0 Å². The zero-order valence-corrected chi connectivity index (χ0v) is 12.6. The van der Waals surface area contributed by atoms with E-state index in [9.17, 15) is 13.2 Å². The lowest BCUT2D eigenvalue weighted by atomic mass is 9.94. The van der Waals surface area contributed by atoms with Gasteiger partial charge in [0.25, 0.3) is 0 Å². The van der Waals surface area contributed by atoms with E-state index in [1.807, 2.05) is 11.9 Å². The summed E-state index contributed by atoms with van der Waals surface area (Å²) in [5.41, 5.74) is 0. The van der Waals surface area contributed by atoms with Crippen molar-refractivity contribution in [2.75, 3.05) is 26.4 Å². The van der Waals surface area contributed by atoms with Crippen LogP contribution in [0.15, 0.2) is 12.7 Å². The summed E-state index contributed by atoms with van der Waals surface area (Å²) in [5, 5.41) is 2.36. The lowest BCUT2D eigenvalue weighted by Gasteiger charge is -2.36. The van der Waals surface area contributed by atoms with Crippen molar-refractivity contribution in [3.05, 3.63) is 12.7 Å². The molecule has 0 radical (unpaired) electrons. The molecular formula is C13H24N2O3S. The summed E-state index contributed by atoms with van der Waals surface area (Å²) in [5.74, 6) is -0.0970. The first-order valence-electron chi connectivity index (χ1n) is 6.63. The number of likely N-dealkylation sites (N-methyl/N-ethyl adjacent to an activating group) is 1. The topological polar surface area (TPSA) is 66.5 Å². The van der Waals surface area contributed by atoms with Crippen LogP contribution in [0, 0.1) is 0 Å². The van der Waals surface area contributed by atoms with Crippen LogP contribution in [-0.4, -0.2) is 56.9 Å². The molecule has 19 heavy (non-hydrogen) atoms. The van der Waals surface area contributed by atoms with Crippen LogP contribution >= 0.6 is 0 Å². The minimum Gasteiger partial charge on any atom is -0.352 e. The fourth-order valence-corrected chi connectivity index (χ4v) is 4.18. The molecule has 1 fully saturated rings. The molecule has 1 amide bonds. The molecule has 0 spiro atoms. The molecule has 0 saturated heterocycles. The maximum absolute atomic E-state index is 11.8. The van der Waals surface area contributed by atoms with Crippen LogP contribution < -0.4 is 5.32 Å². The highest BCUT2D eigenvalue weighted by Crippen LogP contribution is 2.27. The van der Waals surface area contributed by atoms with Crippen molar-refractivity contribution in [1.82, 2.24) is 10.2 Å². The second-order valence-corrected chi connectivity index (χ2v) is 7.49. The monoisotopic (exact) mass is 288 g/mol. The molecule has 1 rings (SSSR count). The van der Waals surface area contributed by atoms with Crippen molar-refractivity contribution >= 4 is 15.7 Å². The molecule has 0 aromatic heterocycles. The number of nitrogens with zero attached hydrogens (tertiary/aromatic N) is 1. The van der Waals surface area contributed by atoms with Gasteiger partial charge in [-0.25, -0.2) is 8.42 Å². The fourth-order valence-electron chi connectivity index (χ4n) is 2.67. The Hall–Kier alpha value is -0.880. The number of carbonyl (C=O) groups excluding carboxylic acids is 1. The second kappa shape index (κ2) is 7.05. The molecule has 0 aromatic carbocycles. The van der Waals surface area contributed by atoms with E-state index in [-0.39, 0.29) is 23.7 Å². The van der Waals surface area contributed by atoms with Crippen LogP contribution in [0.1, 0.15) is 25.7 Å². The van der Waals surface area contributed by atoms with Crippen LogP contribution in [-0.2, 0) is 14.6 Å². The number of carbonyl (C=O) groups is 1. The van der Waals surface area contributed by atoms with E-state index in [1.165, 1.54) is 6.26 Å². The third-order valence-electron chi connectivity index (χ3n) is 3.62. The Morgan fingerprint density at radius 3 is 2.63 bits per heavy atom. The Bertz CT molecular complexity index is 420. The van der Waals surface area contributed by atoms with Gasteiger partial charge in [0.1, 0.15) is 0 Å². The van der Waals surface area contributed by atoms with Gasteiger partial charge in [-0.3, -0.25) is 9.69 Å². The maximum Gasteiger partial charge on any atom is 0.234 e. The van der Waals surface area contributed by atoms with E-state index >= 15 is 0 Å². The van der Waals surface area contributed by atoms with Crippen molar-refractivity contribution in [2.24, 2.45) is 0 Å². The molecule has 0 bridgehead atoms. The Kier molecular flexibility index (Phi) is 6.00. The second-order valence-electron chi connectivity index (χ2n) is 5.23. The van der Waals surface area contributed by atoms with Gasteiger partial charge in [0.05, 0.1) is 11.8 Å². The minimum absolute atomic E-state index is 0.0572. The molecule has 0 aromatic rings. The van der Waals surface area contributed by atoms with Crippen LogP contribution in [0.2, 0.25) is 0 Å². The van der Waals surface area contributed by atoms with E-state index in [1.54, 1.807) is 6.08 Å². The first-order chi connectivity index (χ1) is 8.86. The Morgan fingerprint density at radius 1 is 1.42 bits per heavy atom. The fraction of sp³-hybridized carbons (Fsp3) is 0.769. The van der Waals surface area contributed by atoms with Crippen molar-refractivity contribution in [2.45, 2.75) is 37.0 Å². The average Bonchev–Trinajstić information content (AvgIpc) is 2.35. The molecule has 0 unspecified atom stereocenters. The molecule has 1 saturated carbocycles. The SMILES string of the molecule is C=CCNC(=O)CN(C)[C@H]1CCCC[C@@H]1S(C)(=O)=O. The highest BCUT2D eigenvalue weighted by molar-refractivity contribution is 7.91. The zero-order valence-electron chi connectivity index (χ0n) is 11.8. The molecular weight excluding hydrogens is 264 g/mol. The molecule has 0 aliphatic heterocycles. The molecule has 1 N–H and O–H groups in total. The first-order valence-corrected chi connectivity index (χ1v) is 8.58. The van der Waals surface area contributed by atoms with Gasteiger partial charge >= 0.3 is 0 Å². The summed E-state index contributed by atoms with van der Waals surface area (Å²) in [4.78, 5) is 13.5. The Balaban J connectivity index is 2.64. The van der Waals surface area contributed by atoms with Gasteiger partial charge in [0.15, 0.2) is 9.84 Å². The molecule has 110 valence electrons. The largest absolute Gasteiger partial charge is 0.352 e. The molecule has 2 atom stereocenters. The summed E-state index contributed by atoms with van der Waals surface area (Å²) in [6.07, 6.45) is 6.42. The number of amides is 1. The van der Waals surface area contributed by atoms with E-state index in [0.29, 0.717) is 13.0 Å². The summed E-state index contributed by atoms with van der Waals surface area (Å²) in [6, 6.07) is -0.0572. The van der Waals surface area contributed by atoms with Crippen molar-refractivity contribution in [3.63, 3.8) is 0 Å². The summed E-state index contributed by atoms with van der Waals surface area (Å²) >= 11 is 0. The van der Waals surface area contributed by atoms with E-state index in [0.717, 1.165) is 19.3 Å². The third-order valence-corrected chi connectivity index (χ3v) is 5.27. The van der Waals surface area contributed by atoms with Gasteiger partial charge in [-0.15, -0.1) is 6.58 Å². The number of rotatable bonds is 6. The zero-order chi connectivity index (χ0) is 14.5. The van der Waals surface area contributed by atoms with Crippen molar-refractivity contribution in [1.29, 1.82) is 0 Å². The quantitative estimate of drug-likeness (QED) is 0.726.